The molecule has 1 aromatic carbocycles. The van der Waals surface area contributed by atoms with E-state index in [2.05, 4.69) is 35.4 Å². The SMILES string of the molecule is CCCNC(=O)C1(Cc2ccccc2-c2cccnc2)CCN(C(=O)CC)CC1. The number of rotatable bonds is 7. The van der Waals surface area contributed by atoms with Crippen molar-refractivity contribution in [1.82, 2.24) is 15.2 Å². The number of aromatic nitrogens is 1. The van der Waals surface area contributed by atoms with Gasteiger partial charge >= 0.3 is 0 Å². The zero-order valence-electron chi connectivity index (χ0n) is 17.5. The third-order valence-electron chi connectivity index (χ3n) is 5.91. The highest BCUT2D eigenvalue weighted by Gasteiger charge is 2.42. The molecule has 5 nitrogen and oxygen atoms in total. The topological polar surface area (TPSA) is 62.3 Å². The molecule has 154 valence electrons. The second-order valence-corrected chi connectivity index (χ2v) is 7.85. The van der Waals surface area contributed by atoms with E-state index in [4.69, 9.17) is 0 Å². The fraction of sp³-hybridized carbons (Fsp3) is 0.458. The maximum atomic E-state index is 13.3. The van der Waals surface area contributed by atoms with Gasteiger partial charge in [-0.05, 0) is 42.9 Å². The molecule has 1 aliphatic rings. The molecule has 1 N–H and O–H groups in total. The summed E-state index contributed by atoms with van der Waals surface area (Å²) < 4.78 is 0. The Labute approximate surface area is 173 Å². The summed E-state index contributed by atoms with van der Waals surface area (Å²) in [7, 11) is 0. The van der Waals surface area contributed by atoms with Crippen LogP contribution in [0.4, 0.5) is 0 Å². The summed E-state index contributed by atoms with van der Waals surface area (Å²) in [5.41, 5.74) is 2.85. The third kappa shape index (κ3) is 4.84. The maximum absolute atomic E-state index is 13.3. The molecule has 1 aromatic heterocycles. The molecule has 29 heavy (non-hydrogen) atoms. The van der Waals surface area contributed by atoms with Gasteiger partial charge in [-0.2, -0.15) is 0 Å². The zero-order valence-corrected chi connectivity index (χ0v) is 17.5. The molecule has 2 aromatic rings. The Hall–Kier alpha value is -2.69. The Bertz CT molecular complexity index is 827. The second kappa shape index (κ2) is 9.68. The molecule has 0 radical (unpaired) electrons. The number of pyridine rings is 1. The molecule has 5 heteroatoms. The third-order valence-corrected chi connectivity index (χ3v) is 5.91. The van der Waals surface area contributed by atoms with E-state index >= 15 is 0 Å². The fourth-order valence-electron chi connectivity index (χ4n) is 4.16. The molecule has 0 atom stereocenters. The quantitative estimate of drug-likeness (QED) is 0.777. The van der Waals surface area contributed by atoms with Crippen molar-refractivity contribution >= 4 is 11.8 Å². The van der Waals surface area contributed by atoms with Gasteiger partial charge in [0.05, 0.1) is 5.41 Å². The van der Waals surface area contributed by atoms with Crippen molar-refractivity contribution in [3.8, 4) is 11.1 Å². The molecule has 2 amide bonds. The Morgan fingerprint density at radius 3 is 2.52 bits per heavy atom. The first-order chi connectivity index (χ1) is 14.1. The van der Waals surface area contributed by atoms with Crippen LogP contribution in [-0.2, 0) is 16.0 Å². The molecule has 1 fully saturated rings. The molecule has 1 saturated heterocycles. The molecule has 0 bridgehead atoms. The first-order valence-electron chi connectivity index (χ1n) is 10.6. The summed E-state index contributed by atoms with van der Waals surface area (Å²) in [5.74, 6) is 0.285. The van der Waals surface area contributed by atoms with Gasteiger partial charge in [0.15, 0.2) is 0 Å². The normalized spacial score (nSPS) is 15.7. The average Bonchev–Trinajstić information content (AvgIpc) is 2.78. The molecule has 3 rings (SSSR count). The lowest BCUT2D eigenvalue weighted by atomic mass is 9.72. The maximum Gasteiger partial charge on any atom is 0.226 e. The van der Waals surface area contributed by atoms with Crippen LogP contribution < -0.4 is 5.32 Å². The molecular formula is C24H31N3O2. The van der Waals surface area contributed by atoms with Crippen LogP contribution in [0.3, 0.4) is 0 Å². The van der Waals surface area contributed by atoms with E-state index in [9.17, 15) is 9.59 Å². The summed E-state index contributed by atoms with van der Waals surface area (Å²) in [6, 6.07) is 12.3. The van der Waals surface area contributed by atoms with Crippen LogP contribution in [-0.4, -0.2) is 41.3 Å². The van der Waals surface area contributed by atoms with Crippen molar-refractivity contribution in [1.29, 1.82) is 0 Å². The summed E-state index contributed by atoms with van der Waals surface area (Å²) in [6.07, 6.45) is 7.11. The number of carbonyl (C=O) groups excluding carboxylic acids is 2. The van der Waals surface area contributed by atoms with Gasteiger partial charge in [0.1, 0.15) is 0 Å². The predicted octanol–water partition coefficient (Wildman–Crippen LogP) is 3.84. The number of piperidine rings is 1. The van der Waals surface area contributed by atoms with Gasteiger partial charge in [0.25, 0.3) is 0 Å². The Morgan fingerprint density at radius 2 is 1.86 bits per heavy atom. The van der Waals surface area contributed by atoms with Crippen LogP contribution >= 0.6 is 0 Å². The van der Waals surface area contributed by atoms with Gasteiger partial charge in [-0.15, -0.1) is 0 Å². The lowest BCUT2D eigenvalue weighted by Crippen LogP contribution is -2.51. The number of hydrogen-bond donors (Lipinski definition) is 1. The van der Waals surface area contributed by atoms with Crippen molar-refractivity contribution in [2.24, 2.45) is 5.41 Å². The minimum absolute atomic E-state index is 0.115. The van der Waals surface area contributed by atoms with E-state index in [1.165, 1.54) is 0 Å². The van der Waals surface area contributed by atoms with Crippen molar-refractivity contribution in [2.75, 3.05) is 19.6 Å². The Kier molecular flexibility index (Phi) is 7.02. The van der Waals surface area contributed by atoms with E-state index in [-0.39, 0.29) is 11.8 Å². The number of amides is 2. The lowest BCUT2D eigenvalue weighted by molar-refractivity contribution is -0.140. The zero-order chi connectivity index (χ0) is 20.7. The van der Waals surface area contributed by atoms with Gasteiger partial charge in [-0.25, -0.2) is 0 Å². The highest BCUT2D eigenvalue weighted by molar-refractivity contribution is 5.84. The van der Waals surface area contributed by atoms with Gasteiger partial charge in [0.2, 0.25) is 11.8 Å². The number of benzene rings is 1. The van der Waals surface area contributed by atoms with Crippen molar-refractivity contribution < 1.29 is 9.59 Å². The first-order valence-corrected chi connectivity index (χ1v) is 10.6. The van der Waals surface area contributed by atoms with E-state index in [0.29, 0.717) is 45.3 Å². The van der Waals surface area contributed by atoms with Crippen molar-refractivity contribution in [2.45, 2.75) is 46.0 Å². The first kappa shape index (κ1) is 21.0. The molecule has 2 heterocycles. The summed E-state index contributed by atoms with van der Waals surface area (Å²) >= 11 is 0. The minimum Gasteiger partial charge on any atom is -0.356 e. The molecule has 0 saturated carbocycles. The average molecular weight is 394 g/mol. The van der Waals surface area contributed by atoms with Gasteiger partial charge in [-0.3, -0.25) is 14.6 Å². The van der Waals surface area contributed by atoms with E-state index in [1.807, 2.05) is 36.2 Å². The van der Waals surface area contributed by atoms with Crippen LogP contribution in [0.2, 0.25) is 0 Å². The van der Waals surface area contributed by atoms with E-state index in [0.717, 1.165) is 23.1 Å². The molecule has 1 aliphatic heterocycles. The molecule has 0 aliphatic carbocycles. The van der Waals surface area contributed by atoms with Gasteiger partial charge < -0.3 is 10.2 Å². The highest BCUT2D eigenvalue weighted by atomic mass is 16.2. The monoisotopic (exact) mass is 393 g/mol. The van der Waals surface area contributed by atoms with Crippen molar-refractivity contribution in [3.05, 3.63) is 54.4 Å². The van der Waals surface area contributed by atoms with Gasteiger partial charge in [0, 0.05) is 44.0 Å². The van der Waals surface area contributed by atoms with Crippen LogP contribution in [0, 0.1) is 5.41 Å². The molecular weight excluding hydrogens is 362 g/mol. The number of nitrogens with zero attached hydrogens (tertiary/aromatic N) is 2. The molecule has 0 unspecified atom stereocenters. The van der Waals surface area contributed by atoms with Crippen LogP contribution in [0.25, 0.3) is 11.1 Å². The van der Waals surface area contributed by atoms with Crippen molar-refractivity contribution in [3.63, 3.8) is 0 Å². The minimum atomic E-state index is -0.488. The predicted molar refractivity (Wildman–Crippen MR) is 115 cm³/mol. The number of nitrogens with one attached hydrogen (secondary N) is 1. The smallest absolute Gasteiger partial charge is 0.226 e. The van der Waals surface area contributed by atoms with Crippen LogP contribution in [0.15, 0.2) is 48.8 Å². The highest BCUT2D eigenvalue weighted by Crippen LogP contribution is 2.38. The summed E-state index contributed by atoms with van der Waals surface area (Å²) in [4.78, 5) is 31.5. The Balaban J connectivity index is 1.89. The van der Waals surface area contributed by atoms with Crippen LogP contribution in [0.1, 0.15) is 45.1 Å². The number of hydrogen-bond acceptors (Lipinski definition) is 3. The Morgan fingerprint density at radius 1 is 1.10 bits per heavy atom. The number of carbonyl (C=O) groups is 2. The van der Waals surface area contributed by atoms with Crippen LogP contribution in [0.5, 0.6) is 0 Å². The number of likely N-dealkylation sites (tertiary alicyclic amines) is 1. The van der Waals surface area contributed by atoms with Gasteiger partial charge in [-0.1, -0.05) is 44.2 Å². The molecule has 0 spiro atoms. The fourth-order valence-corrected chi connectivity index (χ4v) is 4.16. The standard InChI is InChI=1S/C24H31N3O2/c1-3-13-26-23(29)24(11-15-27(16-12-24)22(28)4-2)17-19-8-5-6-10-21(19)20-9-7-14-25-18-20/h5-10,14,18H,3-4,11-13,15-17H2,1-2H3,(H,26,29). The lowest BCUT2D eigenvalue weighted by Gasteiger charge is -2.41. The second-order valence-electron chi connectivity index (χ2n) is 7.85. The summed E-state index contributed by atoms with van der Waals surface area (Å²) in [5, 5.41) is 3.13. The summed E-state index contributed by atoms with van der Waals surface area (Å²) in [6.45, 7) is 5.92. The largest absolute Gasteiger partial charge is 0.356 e. The van der Waals surface area contributed by atoms with E-state index in [1.54, 1.807) is 6.20 Å². The van der Waals surface area contributed by atoms with E-state index < -0.39 is 5.41 Å².